The molecule has 1 aliphatic heterocycles. The Bertz CT molecular complexity index is 353. The number of nitrogens with zero attached hydrogens (tertiary/aromatic N) is 3. The maximum absolute atomic E-state index is 5.28. The zero-order valence-corrected chi connectivity index (χ0v) is 11.5. The highest BCUT2D eigenvalue weighted by Crippen LogP contribution is 2.18. The number of rotatable bonds is 6. The molecule has 5 nitrogen and oxygen atoms in total. The first kappa shape index (κ1) is 13.5. The summed E-state index contributed by atoms with van der Waals surface area (Å²) in [5.74, 6) is 2.35. The Morgan fingerprint density at radius 1 is 1.50 bits per heavy atom. The van der Waals surface area contributed by atoms with Crippen LogP contribution in [0.3, 0.4) is 0 Å². The van der Waals surface area contributed by atoms with E-state index in [1.165, 1.54) is 19.4 Å². The summed E-state index contributed by atoms with van der Waals surface area (Å²) in [4.78, 5) is 6.87. The van der Waals surface area contributed by atoms with Gasteiger partial charge in [0, 0.05) is 19.4 Å². The van der Waals surface area contributed by atoms with Crippen molar-refractivity contribution in [2.24, 2.45) is 5.92 Å². The van der Waals surface area contributed by atoms with Crippen LogP contribution < -0.4 is 5.32 Å². The molecule has 5 heteroatoms. The summed E-state index contributed by atoms with van der Waals surface area (Å²) in [5, 5.41) is 7.21. The van der Waals surface area contributed by atoms with Gasteiger partial charge in [0.1, 0.15) is 0 Å². The molecule has 0 radical (unpaired) electrons. The van der Waals surface area contributed by atoms with E-state index < -0.39 is 0 Å². The fourth-order valence-electron chi connectivity index (χ4n) is 2.59. The minimum atomic E-state index is 0.687. The number of aryl methyl sites for hydroxylation is 1. The van der Waals surface area contributed by atoms with Crippen LogP contribution >= 0.6 is 0 Å². The molecule has 1 aromatic rings. The van der Waals surface area contributed by atoms with E-state index in [0.29, 0.717) is 5.92 Å². The SMILES string of the molecule is CNCCCc1nc(CC2CCCN(C)C2)no1. The van der Waals surface area contributed by atoms with Crippen molar-refractivity contribution in [3.05, 3.63) is 11.7 Å². The number of piperidine rings is 1. The minimum absolute atomic E-state index is 0.687. The lowest BCUT2D eigenvalue weighted by atomic mass is 9.95. The summed E-state index contributed by atoms with van der Waals surface area (Å²) in [6, 6.07) is 0. The number of hydrogen-bond donors (Lipinski definition) is 1. The van der Waals surface area contributed by atoms with Gasteiger partial charge in [0.25, 0.3) is 0 Å². The first-order valence-corrected chi connectivity index (χ1v) is 6.92. The lowest BCUT2D eigenvalue weighted by Gasteiger charge is -2.28. The van der Waals surface area contributed by atoms with Crippen LogP contribution in [-0.4, -0.2) is 48.8 Å². The molecule has 0 aromatic carbocycles. The summed E-state index contributed by atoms with van der Waals surface area (Å²) < 4.78 is 5.28. The fraction of sp³-hybridized carbons (Fsp3) is 0.846. The molecule has 0 bridgehead atoms. The highest BCUT2D eigenvalue weighted by molar-refractivity contribution is 4.90. The second kappa shape index (κ2) is 6.85. The quantitative estimate of drug-likeness (QED) is 0.769. The van der Waals surface area contributed by atoms with Gasteiger partial charge in [-0.1, -0.05) is 5.16 Å². The van der Waals surface area contributed by atoms with Gasteiger partial charge in [-0.05, 0) is 52.4 Å². The van der Waals surface area contributed by atoms with E-state index in [0.717, 1.165) is 44.1 Å². The maximum atomic E-state index is 5.28. The molecule has 2 heterocycles. The molecule has 0 amide bonds. The minimum Gasteiger partial charge on any atom is -0.339 e. The average molecular weight is 252 g/mol. The lowest BCUT2D eigenvalue weighted by molar-refractivity contribution is 0.206. The van der Waals surface area contributed by atoms with Crippen molar-refractivity contribution in [1.29, 1.82) is 0 Å². The van der Waals surface area contributed by atoms with Crippen molar-refractivity contribution in [1.82, 2.24) is 20.4 Å². The Morgan fingerprint density at radius 3 is 3.17 bits per heavy atom. The molecule has 1 aromatic heterocycles. The van der Waals surface area contributed by atoms with Crippen LogP contribution in [0.25, 0.3) is 0 Å². The molecule has 0 spiro atoms. The third-order valence-corrected chi connectivity index (χ3v) is 3.52. The van der Waals surface area contributed by atoms with Crippen molar-refractivity contribution < 1.29 is 4.52 Å². The van der Waals surface area contributed by atoms with E-state index in [2.05, 4.69) is 27.4 Å². The molecule has 2 rings (SSSR count). The summed E-state index contributed by atoms with van der Waals surface area (Å²) >= 11 is 0. The summed E-state index contributed by atoms with van der Waals surface area (Å²) in [6.45, 7) is 3.37. The topological polar surface area (TPSA) is 54.2 Å². The predicted molar refractivity (Wildman–Crippen MR) is 70.5 cm³/mol. The van der Waals surface area contributed by atoms with Crippen molar-refractivity contribution in [3.8, 4) is 0 Å². The van der Waals surface area contributed by atoms with E-state index in [9.17, 15) is 0 Å². The molecule has 0 aliphatic carbocycles. The predicted octanol–water partition coefficient (Wildman–Crippen LogP) is 1.11. The molecule has 1 N–H and O–H groups in total. The molecule has 0 saturated carbocycles. The second-order valence-electron chi connectivity index (χ2n) is 5.29. The van der Waals surface area contributed by atoms with Gasteiger partial charge in [0.05, 0.1) is 0 Å². The smallest absolute Gasteiger partial charge is 0.226 e. The van der Waals surface area contributed by atoms with Gasteiger partial charge in [-0.3, -0.25) is 0 Å². The standard InChI is InChI=1S/C13H24N4O/c1-14-7-3-6-13-15-12(16-18-13)9-11-5-4-8-17(2)10-11/h11,14H,3-10H2,1-2H3. The first-order chi connectivity index (χ1) is 8.78. The van der Waals surface area contributed by atoms with Crippen molar-refractivity contribution >= 4 is 0 Å². The van der Waals surface area contributed by atoms with Crippen LogP contribution in [0.1, 0.15) is 31.0 Å². The summed E-state index contributed by atoms with van der Waals surface area (Å²) in [5.41, 5.74) is 0. The van der Waals surface area contributed by atoms with Gasteiger partial charge in [-0.25, -0.2) is 0 Å². The first-order valence-electron chi connectivity index (χ1n) is 6.92. The van der Waals surface area contributed by atoms with Gasteiger partial charge >= 0.3 is 0 Å². The second-order valence-corrected chi connectivity index (χ2v) is 5.29. The van der Waals surface area contributed by atoms with E-state index >= 15 is 0 Å². The molecule has 1 atom stereocenters. The molecule has 1 aliphatic rings. The number of aromatic nitrogens is 2. The third kappa shape index (κ3) is 4.07. The highest BCUT2D eigenvalue weighted by Gasteiger charge is 2.19. The fourth-order valence-corrected chi connectivity index (χ4v) is 2.59. The average Bonchev–Trinajstić information content (AvgIpc) is 2.77. The maximum Gasteiger partial charge on any atom is 0.226 e. The highest BCUT2D eigenvalue weighted by atomic mass is 16.5. The lowest BCUT2D eigenvalue weighted by Crippen LogP contribution is -2.33. The van der Waals surface area contributed by atoms with Crippen LogP contribution in [0.5, 0.6) is 0 Å². The van der Waals surface area contributed by atoms with Crippen molar-refractivity contribution in [2.75, 3.05) is 33.7 Å². The molecular weight excluding hydrogens is 228 g/mol. The van der Waals surface area contributed by atoms with Gasteiger partial charge < -0.3 is 14.7 Å². The monoisotopic (exact) mass is 252 g/mol. The van der Waals surface area contributed by atoms with Crippen LogP contribution in [-0.2, 0) is 12.8 Å². The molecule has 102 valence electrons. The van der Waals surface area contributed by atoms with Crippen LogP contribution in [0.15, 0.2) is 4.52 Å². The molecule has 1 saturated heterocycles. The van der Waals surface area contributed by atoms with E-state index in [1.807, 2.05) is 7.05 Å². The summed E-state index contributed by atoms with van der Waals surface area (Å²) in [6.07, 6.45) is 5.45. The van der Waals surface area contributed by atoms with Crippen LogP contribution in [0.4, 0.5) is 0 Å². The Hall–Kier alpha value is -0.940. The Balaban J connectivity index is 1.78. The van der Waals surface area contributed by atoms with Gasteiger partial charge in [0.15, 0.2) is 5.82 Å². The van der Waals surface area contributed by atoms with E-state index in [4.69, 9.17) is 4.52 Å². The van der Waals surface area contributed by atoms with Crippen molar-refractivity contribution in [2.45, 2.75) is 32.1 Å². The van der Waals surface area contributed by atoms with Gasteiger partial charge in [-0.15, -0.1) is 0 Å². The third-order valence-electron chi connectivity index (χ3n) is 3.52. The normalized spacial score (nSPS) is 21.3. The zero-order valence-electron chi connectivity index (χ0n) is 11.5. The van der Waals surface area contributed by atoms with Crippen LogP contribution in [0, 0.1) is 5.92 Å². The molecule has 1 unspecified atom stereocenters. The number of likely N-dealkylation sites (tertiary alicyclic amines) is 1. The van der Waals surface area contributed by atoms with Crippen molar-refractivity contribution in [3.63, 3.8) is 0 Å². The molecular formula is C13H24N4O. The number of hydrogen-bond acceptors (Lipinski definition) is 5. The molecule has 18 heavy (non-hydrogen) atoms. The Labute approximate surface area is 109 Å². The zero-order chi connectivity index (χ0) is 12.8. The number of nitrogens with one attached hydrogen (secondary N) is 1. The largest absolute Gasteiger partial charge is 0.339 e. The Kier molecular flexibility index (Phi) is 5.13. The molecule has 1 fully saturated rings. The van der Waals surface area contributed by atoms with Gasteiger partial charge in [-0.2, -0.15) is 4.98 Å². The van der Waals surface area contributed by atoms with Gasteiger partial charge in [0.2, 0.25) is 5.89 Å². The summed E-state index contributed by atoms with van der Waals surface area (Å²) in [7, 11) is 4.14. The van der Waals surface area contributed by atoms with E-state index in [-0.39, 0.29) is 0 Å². The van der Waals surface area contributed by atoms with E-state index in [1.54, 1.807) is 0 Å². The Morgan fingerprint density at radius 2 is 2.39 bits per heavy atom. The van der Waals surface area contributed by atoms with Crippen LogP contribution in [0.2, 0.25) is 0 Å².